The predicted octanol–water partition coefficient (Wildman–Crippen LogP) is 6.35. The molecule has 0 bridgehead atoms. The highest BCUT2D eigenvalue weighted by atomic mass is 32.1. The van der Waals surface area contributed by atoms with Crippen LogP contribution in [0.3, 0.4) is 0 Å². The zero-order valence-corrected chi connectivity index (χ0v) is 24.1. The lowest BCUT2D eigenvalue weighted by molar-refractivity contribution is 0.0918. The maximum absolute atomic E-state index is 13.0. The molecule has 3 aromatic rings. The number of hydrogen-bond acceptors (Lipinski definition) is 6. The van der Waals surface area contributed by atoms with Gasteiger partial charge in [0, 0.05) is 28.1 Å². The molecule has 7 heteroatoms. The Morgan fingerprint density at radius 3 is 2.59 bits per heavy atom. The van der Waals surface area contributed by atoms with E-state index in [4.69, 9.17) is 10.5 Å². The van der Waals surface area contributed by atoms with Crippen molar-refractivity contribution in [1.29, 1.82) is 0 Å². The molecule has 1 atom stereocenters. The lowest BCUT2D eigenvalue weighted by atomic mass is 9.83. The summed E-state index contributed by atoms with van der Waals surface area (Å²) >= 11 is 1.68. The summed E-state index contributed by atoms with van der Waals surface area (Å²) in [6.45, 7) is 4.61. The number of rotatable bonds is 10. The van der Waals surface area contributed by atoms with Gasteiger partial charge in [-0.25, -0.2) is 4.98 Å². The van der Waals surface area contributed by atoms with Gasteiger partial charge in [-0.2, -0.15) is 0 Å². The number of fused-ring (bicyclic) bond motifs is 1. The number of aromatic nitrogens is 1. The first-order valence-electron chi connectivity index (χ1n) is 14.6. The fraction of sp³-hybridized carbons (Fsp3) is 0.500. The molecule has 2 aromatic carbocycles. The van der Waals surface area contributed by atoms with Crippen molar-refractivity contribution in [2.75, 3.05) is 25.9 Å². The van der Waals surface area contributed by atoms with E-state index in [1.807, 2.05) is 48.5 Å². The van der Waals surface area contributed by atoms with Crippen LogP contribution in [0.2, 0.25) is 0 Å². The molecule has 3 N–H and O–H groups in total. The summed E-state index contributed by atoms with van der Waals surface area (Å²) in [6.07, 6.45) is 10.3. The topological polar surface area (TPSA) is 80.5 Å². The molecule has 1 saturated carbocycles. The fourth-order valence-electron chi connectivity index (χ4n) is 6.35. The van der Waals surface area contributed by atoms with Crippen molar-refractivity contribution in [3.05, 3.63) is 64.7 Å². The third-order valence-electron chi connectivity index (χ3n) is 8.53. The minimum Gasteiger partial charge on any atom is -0.496 e. The lowest BCUT2D eigenvalue weighted by Crippen LogP contribution is -2.41. The Kier molecular flexibility index (Phi) is 9.20. The molecule has 1 heterocycles. The highest BCUT2D eigenvalue weighted by Gasteiger charge is 2.28. The van der Waals surface area contributed by atoms with E-state index in [2.05, 4.69) is 22.1 Å². The van der Waals surface area contributed by atoms with Gasteiger partial charge >= 0.3 is 0 Å². The number of methoxy groups -OCH3 is 1. The molecular weight excluding hydrogens is 504 g/mol. The van der Waals surface area contributed by atoms with E-state index in [-0.39, 0.29) is 11.9 Å². The monoisotopic (exact) mass is 546 g/mol. The van der Waals surface area contributed by atoms with Gasteiger partial charge in [0.05, 0.1) is 12.8 Å². The number of nitrogen functional groups attached to an aromatic ring is 1. The first-order valence-corrected chi connectivity index (χ1v) is 15.4. The van der Waals surface area contributed by atoms with Crippen LogP contribution in [-0.2, 0) is 12.8 Å². The number of anilines is 1. The number of para-hydroxylation sites is 1. The van der Waals surface area contributed by atoms with Crippen molar-refractivity contribution in [3.8, 4) is 16.9 Å². The first kappa shape index (κ1) is 27.7. The molecular formula is C32H42N4O2S. The number of ether oxygens (including phenoxy) is 1. The third-order valence-corrected chi connectivity index (χ3v) is 9.48. The molecule has 0 unspecified atom stereocenters. The Hall–Kier alpha value is -2.90. The van der Waals surface area contributed by atoms with E-state index in [0.29, 0.717) is 11.6 Å². The van der Waals surface area contributed by atoms with Crippen molar-refractivity contribution in [2.24, 2.45) is 5.92 Å². The SMILES string of the molecule is CCCN(CCC1CCC(NC(=O)c2ccc(-c3ccccc3OC)cc2)CC1)[C@H]1CCc2nc(N)sc2C1. The standard InChI is InChI=1S/C32H42N4O2S/c1-3-19-36(26-16-17-28-30(21-26)39-32(33)35-28)20-18-22-8-14-25(15-9-22)34-31(37)24-12-10-23(11-13-24)27-6-4-5-7-29(27)38-2/h4-7,10-13,22,25-26H,3,8-9,14-21H2,1-2H3,(H2,33,35)(H,34,37)/t22?,25?,26-/m0/s1. The summed E-state index contributed by atoms with van der Waals surface area (Å²) in [6, 6.07) is 16.7. The van der Waals surface area contributed by atoms with E-state index >= 15 is 0 Å². The van der Waals surface area contributed by atoms with Gasteiger partial charge in [0.1, 0.15) is 5.75 Å². The highest BCUT2D eigenvalue weighted by molar-refractivity contribution is 7.15. The molecule has 2 aliphatic carbocycles. The van der Waals surface area contributed by atoms with Crippen LogP contribution in [0.15, 0.2) is 48.5 Å². The first-order chi connectivity index (χ1) is 19.0. The number of carbonyl (C=O) groups excluding carboxylic acids is 1. The number of nitrogens with one attached hydrogen (secondary N) is 1. The second-order valence-electron chi connectivity index (χ2n) is 11.1. The minimum absolute atomic E-state index is 0.0273. The molecule has 208 valence electrons. The Morgan fingerprint density at radius 2 is 1.85 bits per heavy atom. The van der Waals surface area contributed by atoms with Crippen molar-refractivity contribution < 1.29 is 9.53 Å². The predicted molar refractivity (Wildman–Crippen MR) is 160 cm³/mol. The van der Waals surface area contributed by atoms with Gasteiger partial charge in [0.25, 0.3) is 5.91 Å². The highest BCUT2D eigenvalue weighted by Crippen LogP contribution is 2.33. The molecule has 0 radical (unpaired) electrons. The molecule has 39 heavy (non-hydrogen) atoms. The van der Waals surface area contributed by atoms with E-state index < -0.39 is 0 Å². The van der Waals surface area contributed by atoms with Crippen molar-refractivity contribution in [2.45, 2.75) is 76.8 Å². The van der Waals surface area contributed by atoms with Crippen molar-refractivity contribution in [3.63, 3.8) is 0 Å². The molecule has 1 aromatic heterocycles. The number of benzene rings is 2. The smallest absolute Gasteiger partial charge is 0.251 e. The number of carbonyl (C=O) groups is 1. The maximum Gasteiger partial charge on any atom is 0.251 e. The van der Waals surface area contributed by atoms with E-state index in [1.54, 1.807) is 18.4 Å². The number of amides is 1. The number of hydrogen-bond donors (Lipinski definition) is 2. The Labute approximate surface area is 237 Å². The van der Waals surface area contributed by atoms with Crippen LogP contribution in [0.1, 0.15) is 72.8 Å². The van der Waals surface area contributed by atoms with E-state index in [1.165, 1.54) is 49.2 Å². The Balaban J connectivity index is 1.08. The molecule has 0 spiro atoms. The van der Waals surface area contributed by atoms with Crippen molar-refractivity contribution in [1.82, 2.24) is 15.2 Å². The second-order valence-corrected chi connectivity index (χ2v) is 12.2. The molecule has 1 fully saturated rings. The van der Waals surface area contributed by atoms with Crippen LogP contribution in [0.5, 0.6) is 5.75 Å². The van der Waals surface area contributed by atoms with Crippen LogP contribution in [0, 0.1) is 5.92 Å². The molecule has 0 aliphatic heterocycles. The quantitative estimate of drug-likeness (QED) is 0.310. The minimum atomic E-state index is 0.0273. The van der Waals surface area contributed by atoms with E-state index in [0.717, 1.165) is 60.2 Å². The number of nitrogens with zero attached hydrogens (tertiary/aromatic N) is 2. The normalized spacial score (nSPS) is 20.9. The molecule has 6 nitrogen and oxygen atoms in total. The molecule has 0 saturated heterocycles. The third kappa shape index (κ3) is 6.82. The van der Waals surface area contributed by atoms with Gasteiger partial charge in [0.15, 0.2) is 5.13 Å². The van der Waals surface area contributed by atoms with Gasteiger partial charge in [-0.3, -0.25) is 4.79 Å². The molecule has 5 rings (SSSR count). The van der Waals surface area contributed by atoms with Crippen LogP contribution in [0.25, 0.3) is 11.1 Å². The lowest BCUT2D eigenvalue weighted by Gasteiger charge is -2.36. The summed E-state index contributed by atoms with van der Waals surface area (Å²) in [5.41, 5.74) is 10.00. The number of aryl methyl sites for hydroxylation is 1. The van der Waals surface area contributed by atoms with Crippen molar-refractivity contribution >= 4 is 22.4 Å². The summed E-state index contributed by atoms with van der Waals surface area (Å²) < 4.78 is 5.49. The Morgan fingerprint density at radius 1 is 1.08 bits per heavy atom. The van der Waals surface area contributed by atoms with Gasteiger partial charge < -0.3 is 20.7 Å². The Bertz CT molecular complexity index is 1230. The number of thiazole rings is 1. The summed E-state index contributed by atoms with van der Waals surface area (Å²) in [5.74, 6) is 1.61. The van der Waals surface area contributed by atoms with E-state index in [9.17, 15) is 4.79 Å². The summed E-state index contributed by atoms with van der Waals surface area (Å²) in [7, 11) is 1.68. The zero-order chi connectivity index (χ0) is 27.2. The fourth-order valence-corrected chi connectivity index (χ4v) is 7.30. The van der Waals surface area contributed by atoms with Gasteiger partial charge in [-0.05, 0) is 101 Å². The molecule has 2 aliphatic rings. The molecule has 1 amide bonds. The number of nitrogens with two attached hydrogens (primary N) is 1. The zero-order valence-electron chi connectivity index (χ0n) is 23.3. The van der Waals surface area contributed by atoms with Gasteiger partial charge in [-0.15, -0.1) is 11.3 Å². The van der Waals surface area contributed by atoms with Crippen LogP contribution >= 0.6 is 11.3 Å². The van der Waals surface area contributed by atoms with Crippen LogP contribution in [-0.4, -0.2) is 48.1 Å². The van der Waals surface area contributed by atoms with Gasteiger partial charge in [-0.1, -0.05) is 37.3 Å². The van der Waals surface area contributed by atoms with Crippen LogP contribution < -0.4 is 15.8 Å². The maximum atomic E-state index is 13.0. The average Bonchev–Trinajstić information content (AvgIpc) is 3.35. The summed E-state index contributed by atoms with van der Waals surface area (Å²) in [4.78, 5) is 21.6. The second kappa shape index (κ2) is 13.0. The summed E-state index contributed by atoms with van der Waals surface area (Å²) in [5, 5.41) is 4.02. The largest absolute Gasteiger partial charge is 0.496 e. The average molecular weight is 547 g/mol. The van der Waals surface area contributed by atoms with Crippen LogP contribution in [0.4, 0.5) is 5.13 Å². The van der Waals surface area contributed by atoms with Gasteiger partial charge in [0.2, 0.25) is 0 Å².